The summed E-state index contributed by atoms with van der Waals surface area (Å²) in [5.41, 5.74) is 5.47. The molecule has 1 aromatic heterocycles. The highest BCUT2D eigenvalue weighted by molar-refractivity contribution is 7.16. The van der Waals surface area contributed by atoms with Crippen LogP contribution in [0.15, 0.2) is 0 Å². The Kier molecular flexibility index (Phi) is 1.87. The van der Waals surface area contributed by atoms with Gasteiger partial charge in [-0.25, -0.2) is 4.98 Å². The van der Waals surface area contributed by atoms with E-state index in [1.165, 1.54) is 6.92 Å². The zero-order valence-electron chi connectivity index (χ0n) is 5.79. The van der Waals surface area contributed by atoms with Crippen molar-refractivity contribution in [2.75, 3.05) is 5.73 Å². The number of carbonyl (C=O) groups is 1. The highest BCUT2D eigenvalue weighted by Crippen LogP contribution is 2.19. The molecule has 1 aromatic rings. The first-order chi connectivity index (χ1) is 5.15. The number of nitrogen functional groups attached to an aromatic ring is 1. The standard InChI is InChI=1S/C6H5N3OS/c1-3(10)5-4(2-7)11-6(8)9-5/h1H3,(H2,8,9). The molecule has 0 saturated carbocycles. The third kappa shape index (κ3) is 1.36. The summed E-state index contributed by atoms with van der Waals surface area (Å²) in [7, 11) is 0. The van der Waals surface area contributed by atoms with Crippen molar-refractivity contribution in [1.82, 2.24) is 4.98 Å². The van der Waals surface area contributed by atoms with Gasteiger partial charge in [-0.1, -0.05) is 11.3 Å². The fourth-order valence-corrected chi connectivity index (χ4v) is 1.33. The molecule has 1 rings (SSSR count). The van der Waals surface area contributed by atoms with Gasteiger partial charge in [-0.05, 0) is 0 Å². The molecule has 0 amide bonds. The summed E-state index contributed by atoms with van der Waals surface area (Å²) in [6.45, 7) is 1.36. The van der Waals surface area contributed by atoms with Crippen LogP contribution in [0.25, 0.3) is 0 Å². The third-order valence-corrected chi connectivity index (χ3v) is 1.87. The second-order valence-corrected chi connectivity index (χ2v) is 2.93. The van der Waals surface area contributed by atoms with Crippen molar-refractivity contribution in [3.63, 3.8) is 0 Å². The molecule has 1 heterocycles. The van der Waals surface area contributed by atoms with Crippen LogP contribution in [0.4, 0.5) is 5.13 Å². The van der Waals surface area contributed by atoms with E-state index in [1.807, 2.05) is 6.07 Å². The summed E-state index contributed by atoms with van der Waals surface area (Å²) in [4.78, 5) is 14.8. The number of aromatic nitrogens is 1. The van der Waals surface area contributed by atoms with E-state index in [9.17, 15) is 4.79 Å². The van der Waals surface area contributed by atoms with Crippen LogP contribution < -0.4 is 5.73 Å². The maximum atomic E-state index is 10.8. The van der Waals surface area contributed by atoms with Crippen LogP contribution in [0, 0.1) is 11.3 Å². The quantitative estimate of drug-likeness (QED) is 0.627. The molecule has 0 fully saturated rings. The molecular weight excluding hydrogens is 162 g/mol. The highest BCUT2D eigenvalue weighted by Gasteiger charge is 2.12. The van der Waals surface area contributed by atoms with Gasteiger partial charge in [-0.3, -0.25) is 4.79 Å². The Bertz CT molecular complexity index is 336. The van der Waals surface area contributed by atoms with Gasteiger partial charge in [0.1, 0.15) is 16.6 Å². The topological polar surface area (TPSA) is 79.8 Å². The van der Waals surface area contributed by atoms with Crippen molar-refractivity contribution >= 4 is 22.3 Å². The Morgan fingerprint density at radius 3 is 2.82 bits per heavy atom. The van der Waals surface area contributed by atoms with Gasteiger partial charge in [0, 0.05) is 6.92 Å². The Balaban J connectivity index is 3.26. The molecule has 0 aliphatic rings. The molecule has 0 radical (unpaired) electrons. The van der Waals surface area contributed by atoms with Crippen molar-refractivity contribution in [3.05, 3.63) is 10.6 Å². The number of nitrogens with two attached hydrogens (primary N) is 1. The third-order valence-electron chi connectivity index (χ3n) is 1.08. The normalized spacial score (nSPS) is 9.09. The van der Waals surface area contributed by atoms with Gasteiger partial charge in [0.25, 0.3) is 0 Å². The molecule has 0 bridgehead atoms. The summed E-state index contributed by atoms with van der Waals surface area (Å²) >= 11 is 1.03. The van der Waals surface area contributed by atoms with Gasteiger partial charge in [0.15, 0.2) is 10.9 Å². The molecule has 5 heteroatoms. The molecule has 0 atom stereocenters. The van der Waals surface area contributed by atoms with Crippen LogP contribution in [0.1, 0.15) is 22.3 Å². The van der Waals surface area contributed by atoms with Crippen LogP contribution in [-0.2, 0) is 0 Å². The van der Waals surface area contributed by atoms with Crippen LogP contribution in [-0.4, -0.2) is 10.8 Å². The molecule has 0 aliphatic heterocycles. The van der Waals surface area contributed by atoms with Crippen LogP contribution in [0.5, 0.6) is 0 Å². The molecule has 0 spiro atoms. The number of rotatable bonds is 1. The van der Waals surface area contributed by atoms with Gasteiger partial charge >= 0.3 is 0 Å². The second kappa shape index (κ2) is 2.68. The zero-order valence-corrected chi connectivity index (χ0v) is 6.60. The van der Waals surface area contributed by atoms with Crippen LogP contribution >= 0.6 is 11.3 Å². The summed E-state index contributed by atoms with van der Waals surface area (Å²) in [5.74, 6) is -0.227. The van der Waals surface area contributed by atoms with Gasteiger partial charge in [0.2, 0.25) is 0 Å². The first kappa shape index (κ1) is 7.69. The number of nitriles is 1. The van der Waals surface area contributed by atoms with E-state index in [1.54, 1.807) is 0 Å². The fourth-order valence-electron chi connectivity index (χ4n) is 0.651. The number of thiazole rings is 1. The Hall–Kier alpha value is -1.41. The van der Waals surface area contributed by atoms with E-state index in [2.05, 4.69) is 4.98 Å². The van der Waals surface area contributed by atoms with E-state index in [0.717, 1.165) is 11.3 Å². The summed E-state index contributed by atoms with van der Waals surface area (Å²) in [5, 5.41) is 8.75. The van der Waals surface area contributed by atoms with Gasteiger partial charge in [0.05, 0.1) is 0 Å². The van der Waals surface area contributed by atoms with E-state index in [0.29, 0.717) is 0 Å². The maximum Gasteiger partial charge on any atom is 0.181 e. The molecule has 11 heavy (non-hydrogen) atoms. The minimum Gasteiger partial charge on any atom is -0.375 e. The molecule has 2 N–H and O–H groups in total. The minimum absolute atomic E-state index is 0.176. The first-order valence-corrected chi connectivity index (χ1v) is 3.64. The summed E-state index contributed by atoms with van der Waals surface area (Å²) < 4.78 is 0. The smallest absolute Gasteiger partial charge is 0.181 e. The summed E-state index contributed by atoms with van der Waals surface area (Å²) in [6, 6.07) is 1.85. The van der Waals surface area contributed by atoms with Crippen LogP contribution in [0.3, 0.4) is 0 Å². The van der Waals surface area contributed by atoms with E-state index in [4.69, 9.17) is 11.0 Å². The zero-order chi connectivity index (χ0) is 8.43. The van der Waals surface area contributed by atoms with E-state index < -0.39 is 0 Å². The van der Waals surface area contributed by atoms with E-state index >= 15 is 0 Å². The van der Waals surface area contributed by atoms with Crippen molar-refractivity contribution in [2.24, 2.45) is 0 Å². The van der Waals surface area contributed by atoms with Crippen molar-refractivity contribution in [1.29, 1.82) is 5.26 Å². The lowest BCUT2D eigenvalue weighted by Gasteiger charge is -1.83. The van der Waals surface area contributed by atoms with Crippen molar-refractivity contribution < 1.29 is 4.79 Å². The lowest BCUT2D eigenvalue weighted by Crippen LogP contribution is -1.95. The average Bonchev–Trinajstić information content (AvgIpc) is 2.30. The lowest BCUT2D eigenvalue weighted by atomic mass is 10.3. The molecular formula is C6H5N3OS. The second-order valence-electron chi connectivity index (χ2n) is 1.90. The number of ketones is 1. The summed E-state index contributed by atoms with van der Waals surface area (Å²) in [6.07, 6.45) is 0. The Labute approximate surface area is 67.3 Å². The predicted octanol–water partition coefficient (Wildman–Crippen LogP) is 0.800. The fraction of sp³-hybridized carbons (Fsp3) is 0.167. The molecule has 0 unspecified atom stereocenters. The van der Waals surface area contributed by atoms with Crippen molar-refractivity contribution in [3.8, 4) is 6.07 Å². The van der Waals surface area contributed by atoms with Gasteiger partial charge in [-0.2, -0.15) is 5.26 Å². The average molecular weight is 167 g/mol. The molecule has 4 nitrogen and oxygen atoms in total. The number of anilines is 1. The molecule has 0 aliphatic carbocycles. The van der Waals surface area contributed by atoms with E-state index in [-0.39, 0.29) is 21.5 Å². The van der Waals surface area contributed by atoms with Gasteiger partial charge in [-0.15, -0.1) is 0 Å². The SMILES string of the molecule is CC(=O)c1nc(N)sc1C#N. The predicted molar refractivity (Wildman–Crippen MR) is 41.2 cm³/mol. The number of Topliss-reactive ketones (excluding diaryl/α,β-unsaturated/α-hetero) is 1. The first-order valence-electron chi connectivity index (χ1n) is 2.82. The monoisotopic (exact) mass is 167 g/mol. The highest BCUT2D eigenvalue weighted by atomic mass is 32.1. The van der Waals surface area contributed by atoms with Gasteiger partial charge < -0.3 is 5.73 Å². The molecule has 0 saturated heterocycles. The lowest BCUT2D eigenvalue weighted by molar-refractivity contribution is 0.101. The minimum atomic E-state index is -0.227. The molecule has 0 aromatic carbocycles. The largest absolute Gasteiger partial charge is 0.375 e. The number of carbonyl (C=O) groups excluding carboxylic acids is 1. The molecule has 56 valence electrons. The van der Waals surface area contributed by atoms with Crippen LogP contribution in [0.2, 0.25) is 0 Å². The number of nitrogens with zero attached hydrogens (tertiary/aromatic N) is 2. The number of hydrogen-bond acceptors (Lipinski definition) is 5. The number of hydrogen-bond donors (Lipinski definition) is 1. The van der Waals surface area contributed by atoms with Crippen molar-refractivity contribution in [2.45, 2.75) is 6.92 Å². The maximum absolute atomic E-state index is 10.8. The Morgan fingerprint density at radius 2 is 2.45 bits per heavy atom. The Morgan fingerprint density at radius 1 is 1.82 bits per heavy atom.